The summed E-state index contributed by atoms with van der Waals surface area (Å²) in [5.74, 6) is 0.761. The maximum Gasteiger partial charge on any atom is 0.258 e. The van der Waals surface area contributed by atoms with Crippen LogP contribution in [0.3, 0.4) is 0 Å². The SMILES string of the molecule is CC(C)CC(NC(=O)COc1ncnc2sccc12)c1ccccc1. The standard InChI is InChI=1S/C19H21N3O2S/c1-13(2)10-16(14-6-4-3-5-7-14)22-17(23)11-24-18-15-8-9-25-19(15)21-12-20-18/h3-9,12-13,16H,10-11H2,1-2H3,(H,22,23). The molecule has 2 heterocycles. The van der Waals surface area contributed by atoms with E-state index in [0.717, 1.165) is 22.2 Å². The predicted molar refractivity (Wildman–Crippen MR) is 99.7 cm³/mol. The number of amides is 1. The first kappa shape index (κ1) is 17.4. The van der Waals surface area contributed by atoms with Crippen molar-refractivity contribution in [3.8, 4) is 5.88 Å². The first-order chi connectivity index (χ1) is 12.1. The molecule has 0 radical (unpaired) electrons. The summed E-state index contributed by atoms with van der Waals surface area (Å²) < 4.78 is 5.62. The van der Waals surface area contributed by atoms with Gasteiger partial charge in [-0.3, -0.25) is 4.79 Å². The molecule has 0 aliphatic heterocycles. The van der Waals surface area contributed by atoms with E-state index in [0.29, 0.717) is 11.8 Å². The molecule has 1 amide bonds. The summed E-state index contributed by atoms with van der Waals surface area (Å²) in [6.07, 6.45) is 2.33. The summed E-state index contributed by atoms with van der Waals surface area (Å²) in [6, 6.07) is 11.9. The van der Waals surface area contributed by atoms with Crippen molar-refractivity contribution < 1.29 is 9.53 Å². The molecule has 0 bridgehead atoms. The van der Waals surface area contributed by atoms with Crippen molar-refractivity contribution in [2.75, 3.05) is 6.61 Å². The Kier molecular flexibility index (Phi) is 5.60. The van der Waals surface area contributed by atoms with Gasteiger partial charge in [-0.05, 0) is 29.3 Å². The molecular formula is C19H21N3O2S. The van der Waals surface area contributed by atoms with Crippen LogP contribution in [0, 0.1) is 5.92 Å². The van der Waals surface area contributed by atoms with Gasteiger partial charge in [0.05, 0.1) is 11.4 Å². The second-order valence-electron chi connectivity index (χ2n) is 6.27. The lowest BCUT2D eigenvalue weighted by molar-refractivity contribution is -0.124. The lowest BCUT2D eigenvalue weighted by Gasteiger charge is -2.21. The highest BCUT2D eigenvalue weighted by Gasteiger charge is 2.17. The van der Waals surface area contributed by atoms with Gasteiger partial charge >= 0.3 is 0 Å². The lowest BCUT2D eigenvalue weighted by atomic mass is 9.97. The van der Waals surface area contributed by atoms with E-state index in [2.05, 4.69) is 29.1 Å². The molecule has 3 aromatic rings. The highest BCUT2D eigenvalue weighted by molar-refractivity contribution is 7.16. The van der Waals surface area contributed by atoms with Crippen LogP contribution in [-0.4, -0.2) is 22.5 Å². The molecule has 0 fully saturated rings. The quantitative estimate of drug-likeness (QED) is 0.696. The van der Waals surface area contributed by atoms with E-state index in [1.807, 2.05) is 41.8 Å². The number of aromatic nitrogens is 2. The molecular weight excluding hydrogens is 334 g/mol. The monoisotopic (exact) mass is 355 g/mol. The molecule has 6 heteroatoms. The fourth-order valence-corrected chi connectivity index (χ4v) is 3.41. The van der Waals surface area contributed by atoms with Gasteiger partial charge in [0.2, 0.25) is 5.88 Å². The summed E-state index contributed by atoms with van der Waals surface area (Å²) in [4.78, 5) is 21.5. The molecule has 130 valence electrons. The molecule has 2 aromatic heterocycles. The van der Waals surface area contributed by atoms with Crippen LogP contribution >= 0.6 is 11.3 Å². The second kappa shape index (κ2) is 8.07. The zero-order valence-electron chi connectivity index (χ0n) is 14.3. The Balaban J connectivity index is 1.64. The summed E-state index contributed by atoms with van der Waals surface area (Å²) in [7, 11) is 0. The highest BCUT2D eigenvalue weighted by Crippen LogP contribution is 2.25. The van der Waals surface area contributed by atoms with E-state index in [-0.39, 0.29) is 18.6 Å². The number of carbonyl (C=O) groups is 1. The van der Waals surface area contributed by atoms with Gasteiger partial charge in [-0.25, -0.2) is 9.97 Å². The average Bonchev–Trinajstić information content (AvgIpc) is 3.09. The number of nitrogens with one attached hydrogen (secondary N) is 1. The molecule has 0 aliphatic rings. The molecule has 3 rings (SSSR count). The van der Waals surface area contributed by atoms with Crippen molar-refractivity contribution in [2.45, 2.75) is 26.3 Å². The van der Waals surface area contributed by atoms with E-state index in [1.54, 1.807) is 0 Å². The molecule has 1 aromatic carbocycles. The number of thiophene rings is 1. The average molecular weight is 355 g/mol. The maximum atomic E-state index is 12.4. The van der Waals surface area contributed by atoms with Crippen molar-refractivity contribution >= 4 is 27.5 Å². The number of hydrogen-bond acceptors (Lipinski definition) is 5. The van der Waals surface area contributed by atoms with Crippen LogP contribution in [0.5, 0.6) is 5.88 Å². The van der Waals surface area contributed by atoms with Gasteiger partial charge in [0, 0.05) is 0 Å². The van der Waals surface area contributed by atoms with Gasteiger partial charge in [0.1, 0.15) is 11.2 Å². The van der Waals surface area contributed by atoms with Gasteiger partial charge in [-0.15, -0.1) is 11.3 Å². The second-order valence-corrected chi connectivity index (χ2v) is 7.16. The van der Waals surface area contributed by atoms with E-state index in [9.17, 15) is 4.79 Å². The van der Waals surface area contributed by atoms with Gasteiger partial charge in [-0.2, -0.15) is 0 Å². The van der Waals surface area contributed by atoms with Gasteiger partial charge < -0.3 is 10.1 Å². The molecule has 1 unspecified atom stereocenters. The Morgan fingerprint density at radius 1 is 1.20 bits per heavy atom. The van der Waals surface area contributed by atoms with E-state index in [1.165, 1.54) is 17.7 Å². The fourth-order valence-electron chi connectivity index (χ4n) is 2.69. The molecule has 1 atom stereocenters. The Hall–Kier alpha value is -2.47. The first-order valence-corrected chi connectivity index (χ1v) is 9.16. The minimum atomic E-state index is -0.156. The van der Waals surface area contributed by atoms with Crippen LogP contribution in [0.4, 0.5) is 0 Å². The summed E-state index contributed by atoms with van der Waals surface area (Å²) >= 11 is 1.52. The Morgan fingerprint density at radius 3 is 2.76 bits per heavy atom. The zero-order valence-corrected chi connectivity index (χ0v) is 15.1. The molecule has 5 nitrogen and oxygen atoms in total. The van der Waals surface area contributed by atoms with Gasteiger partial charge in [0.25, 0.3) is 5.91 Å². The van der Waals surface area contributed by atoms with Crippen molar-refractivity contribution in [1.29, 1.82) is 0 Å². The van der Waals surface area contributed by atoms with Crippen LogP contribution in [0.1, 0.15) is 31.9 Å². The number of fused-ring (bicyclic) bond motifs is 1. The lowest BCUT2D eigenvalue weighted by Crippen LogP contribution is -2.33. The van der Waals surface area contributed by atoms with Crippen LogP contribution < -0.4 is 10.1 Å². The van der Waals surface area contributed by atoms with Crippen molar-refractivity contribution in [3.63, 3.8) is 0 Å². The normalized spacial score (nSPS) is 12.3. The largest absolute Gasteiger partial charge is 0.467 e. The number of hydrogen-bond donors (Lipinski definition) is 1. The Morgan fingerprint density at radius 2 is 2.00 bits per heavy atom. The third kappa shape index (κ3) is 4.54. The minimum Gasteiger partial charge on any atom is -0.467 e. The molecule has 0 aliphatic carbocycles. The third-order valence-electron chi connectivity index (χ3n) is 3.81. The molecule has 0 saturated heterocycles. The Bertz CT molecular complexity index is 833. The van der Waals surface area contributed by atoms with Crippen molar-refractivity contribution in [1.82, 2.24) is 15.3 Å². The maximum absolute atomic E-state index is 12.4. The van der Waals surface area contributed by atoms with Gasteiger partial charge in [-0.1, -0.05) is 44.2 Å². The van der Waals surface area contributed by atoms with E-state index >= 15 is 0 Å². The molecule has 1 N–H and O–H groups in total. The minimum absolute atomic E-state index is 0.0242. The highest BCUT2D eigenvalue weighted by atomic mass is 32.1. The van der Waals surface area contributed by atoms with Crippen LogP contribution in [-0.2, 0) is 4.79 Å². The summed E-state index contributed by atoms with van der Waals surface area (Å²) in [5.41, 5.74) is 1.10. The first-order valence-electron chi connectivity index (χ1n) is 8.29. The number of rotatable bonds is 7. The van der Waals surface area contributed by atoms with Crippen LogP contribution in [0.2, 0.25) is 0 Å². The van der Waals surface area contributed by atoms with Crippen molar-refractivity contribution in [2.24, 2.45) is 5.92 Å². The third-order valence-corrected chi connectivity index (χ3v) is 4.63. The number of nitrogens with zero attached hydrogens (tertiary/aromatic N) is 2. The molecule has 25 heavy (non-hydrogen) atoms. The smallest absolute Gasteiger partial charge is 0.258 e. The number of carbonyl (C=O) groups excluding carboxylic acids is 1. The fraction of sp³-hybridized carbons (Fsp3) is 0.316. The van der Waals surface area contributed by atoms with E-state index < -0.39 is 0 Å². The molecule has 0 spiro atoms. The van der Waals surface area contributed by atoms with E-state index in [4.69, 9.17) is 4.74 Å². The predicted octanol–water partition coefficient (Wildman–Crippen LogP) is 3.97. The van der Waals surface area contributed by atoms with Crippen LogP contribution in [0.15, 0.2) is 48.1 Å². The summed E-state index contributed by atoms with van der Waals surface area (Å²) in [6.45, 7) is 4.23. The van der Waals surface area contributed by atoms with Crippen LogP contribution in [0.25, 0.3) is 10.2 Å². The van der Waals surface area contributed by atoms with Crippen molar-refractivity contribution in [3.05, 3.63) is 53.7 Å². The number of benzene rings is 1. The summed E-state index contributed by atoms with van der Waals surface area (Å²) in [5, 5.41) is 5.84. The van der Waals surface area contributed by atoms with Gasteiger partial charge in [0.15, 0.2) is 6.61 Å². The Labute approximate surface area is 151 Å². The molecule has 0 saturated carbocycles. The number of ether oxygens (including phenoxy) is 1. The zero-order chi connectivity index (χ0) is 17.6. The topological polar surface area (TPSA) is 64.1 Å².